The van der Waals surface area contributed by atoms with Gasteiger partial charge in [0.15, 0.2) is 0 Å². The molecule has 1 aromatic carbocycles. The maximum Gasteiger partial charge on any atom is 0.471 e. The van der Waals surface area contributed by atoms with E-state index in [9.17, 15) is 18.0 Å². The third-order valence-corrected chi connectivity index (χ3v) is 3.62. The second kappa shape index (κ2) is 7.30. The van der Waals surface area contributed by atoms with Crippen LogP contribution < -0.4 is 5.32 Å². The normalized spacial score (nSPS) is 14.8. The van der Waals surface area contributed by atoms with Gasteiger partial charge in [0.1, 0.15) is 0 Å². The first-order valence-corrected chi connectivity index (χ1v) is 7.57. The van der Waals surface area contributed by atoms with Crippen LogP contribution in [0.5, 0.6) is 0 Å². The van der Waals surface area contributed by atoms with E-state index in [-0.39, 0.29) is 18.4 Å². The molecule has 0 atom stereocenters. The molecule has 0 unspecified atom stereocenters. The lowest BCUT2D eigenvalue weighted by atomic mass is 10.1. The molecule has 3 rings (SSSR count). The van der Waals surface area contributed by atoms with E-state index >= 15 is 0 Å². The van der Waals surface area contributed by atoms with E-state index in [1.54, 1.807) is 12.1 Å². The van der Waals surface area contributed by atoms with Crippen LogP contribution in [-0.4, -0.2) is 47.6 Å². The highest BCUT2D eigenvalue weighted by atomic mass is 19.4. The Morgan fingerprint density at radius 3 is 2.54 bits per heavy atom. The van der Waals surface area contributed by atoms with E-state index < -0.39 is 18.1 Å². The molecule has 0 bridgehead atoms. The van der Waals surface area contributed by atoms with Crippen molar-refractivity contribution in [1.29, 1.82) is 0 Å². The number of aromatic nitrogens is 2. The fourth-order valence-corrected chi connectivity index (χ4v) is 2.17. The number of hydroxylamine groups is 2. The van der Waals surface area contributed by atoms with Crippen molar-refractivity contribution in [2.24, 2.45) is 0 Å². The lowest BCUT2D eigenvalue weighted by Gasteiger charge is -2.29. The second-order valence-electron chi connectivity index (χ2n) is 5.52. The minimum absolute atomic E-state index is 0.0383. The fraction of sp³-hybridized carbons (Fsp3) is 0.400. The number of urea groups is 1. The first kappa shape index (κ1) is 18.1. The number of alkyl halides is 3. The average molecular weight is 372 g/mol. The highest BCUT2D eigenvalue weighted by molar-refractivity contribution is 5.73. The summed E-state index contributed by atoms with van der Waals surface area (Å²) < 4.78 is 46.7. The summed E-state index contributed by atoms with van der Waals surface area (Å²) in [5.41, 5.74) is 1.06. The summed E-state index contributed by atoms with van der Waals surface area (Å²) in [6.07, 6.45) is -4.69. The molecule has 8 nitrogen and oxygen atoms in total. The fourth-order valence-electron chi connectivity index (χ4n) is 2.17. The van der Waals surface area contributed by atoms with Crippen LogP contribution in [0.15, 0.2) is 28.8 Å². The van der Waals surface area contributed by atoms with Crippen LogP contribution in [0.25, 0.3) is 11.4 Å². The SMILES string of the molecule is CON(Cc1ccc(-c2noc(C(F)(F)F)n2)cc1)C(=O)NC1COC1. The van der Waals surface area contributed by atoms with Crippen LogP contribution in [0.3, 0.4) is 0 Å². The quantitative estimate of drug-likeness (QED) is 0.810. The lowest BCUT2D eigenvalue weighted by molar-refractivity contribution is -0.159. The average Bonchev–Trinajstić information content (AvgIpc) is 3.06. The molecule has 1 saturated heterocycles. The smallest absolute Gasteiger partial charge is 0.377 e. The number of rotatable bonds is 5. The highest BCUT2D eigenvalue weighted by Crippen LogP contribution is 2.29. The predicted molar refractivity (Wildman–Crippen MR) is 80.4 cm³/mol. The summed E-state index contributed by atoms with van der Waals surface area (Å²) in [5, 5.41) is 7.19. The van der Waals surface area contributed by atoms with Gasteiger partial charge in [-0.3, -0.25) is 4.84 Å². The zero-order valence-electron chi connectivity index (χ0n) is 13.6. The van der Waals surface area contributed by atoms with Gasteiger partial charge in [-0.25, -0.2) is 4.79 Å². The third-order valence-electron chi connectivity index (χ3n) is 3.62. The number of carbonyl (C=O) groups excluding carboxylic acids is 1. The zero-order valence-corrected chi connectivity index (χ0v) is 13.6. The van der Waals surface area contributed by atoms with Gasteiger partial charge in [0.25, 0.3) is 0 Å². The van der Waals surface area contributed by atoms with Crippen molar-refractivity contribution in [1.82, 2.24) is 20.5 Å². The van der Waals surface area contributed by atoms with Gasteiger partial charge in [-0.15, -0.1) is 0 Å². The largest absolute Gasteiger partial charge is 0.471 e. The van der Waals surface area contributed by atoms with E-state index in [0.29, 0.717) is 24.3 Å². The molecule has 1 N–H and O–H groups in total. The number of ether oxygens (including phenoxy) is 1. The number of hydrogen-bond acceptors (Lipinski definition) is 6. The predicted octanol–water partition coefficient (Wildman–Crippen LogP) is 2.23. The molecule has 0 radical (unpaired) electrons. The minimum atomic E-state index is -4.69. The molecule has 26 heavy (non-hydrogen) atoms. The summed E-state index contributed by atoms with van der Waals surface area (Å²) in [6, 6.07) is 5.88. The van der Waals surface area contributed by atoms with Gasteiger partial charge in [0.05, 0.1) is 32.9 Å². The zero-order chi connectivity index (χ0) is 18.7. The lowest BCUT2D eigenvalue weighted by Crippen LogP contribution is -2.52. The van der Waals surface area contributed by atoms with Crippen molar-refractivity contribution < 1.29 is 32.1 Å². The van der Waals surface area contributed by atoms with Crippen LogP contribution in [-0.2, 0) is 22.3 Å². The van der Waals surface area contributed by atoms with Crippen molar-refractivity contribution in [3.05, 3.63) is 35.7 Å². The number of nitrogens with zero attached hydrogens (tertiary/aromatic N) is 3. The topological polar surface area (TPSA) is 89.7 Å². The second-order valence-corrected chi connectivity index (χ2v) is 5.52. The summed E-state index contributed by atoms with van der Waals surface area (Å²) >= 11 is 0. The molecule has 1 aliphatic heterocycles. The first-order chi connectivity index (χ1) is 12.4. The summed E-state index contributed by atoms with van der Waals surface area (Å²) in [5.74, 6) is -1.58. The Hall–Kier alpha value is -2.66. The van der Waals surface area contributed by atoms with Gasteiger partial charge >= 0.3 is 18.1 Å². The minimum Gasteiger partial charge on any atom is -0.377 e. The molecule has 140 valence electrons. The molecular formula is C15H15F3N4O4. The Labute approximate surface area is 145 Å². The molecule has 0 saturated carbocycles. The van der Waals surface area contributed by atoms with E-state index in [1.165, 1.54) is 19.2 Å². The van der Waals surface area contributed by atoms with Gasteiger partial charge in [0, 0.05) is 5.56 Å². The Bertz CT molecular complexity index is 759. The molecule has 1 aromatic heterocycles. The van der Waals surface area contributed by atoms with Gasteiger partial charge in [-0.1, -0.05) is 29.4 Å². The van der Waals surface area contributed by atoms with E-state index in [1.807, 2.05) is 0 Å². The number of hydrogen-bond donors (Lipinski definition) is 1. The van der Waals surface area contributed by atoms with Crippen LogP contribution in [0.1, 0.15) is 11.5 Å². The van der Waals surface area contributed by atoms with Gasteiger partial charge < -0.3 is 14.6 Å². The van der Waals surface area contributed by atoms with Gasteiger partial charge in [-0.05, 0) is 5.56 Å². The molecule has 2 amide bonds. The van der Waals surface area contributed by atoms with Crippen molar-refractivity contribution in [3.63, 3.8) is 0 Å². The molecule has 2 aromatic rings. The number of halogens is 3. The van der Waals surface area contributed by atoms with Gasteiger partial charge in [-0.2, -0.15) is 23.2 Å². The number of amides is 2. The summed E-state index contributed by atoms with van der Waals surface area (Å²) in [6.45, 7) is 1.07. The van der Waals surface area contributed by atoms with Crippen molar-refractivity contribution >= 4 is 6.03 Å². The number of benzene rings is 1. The molecule has 2 heterocycles. The van der Waals surface area contributed by atoms with E-state index in [0.717, 1.165) is 5.06 Å². The van der Waals surface area contributed by atoms with Crippen LogP contribution in [0.4, 0.5) is 18.0 Å². The first-order valence-electron chi connectivity index (χ1n) is 7.57. The maximum absolute atomic E-state index is 12.5. The standard InChI is InChI=1S/C15H15F3N4O4/c1-24-22(14(23)19-11-7-25-8-11)6-9-2-4-10(5-3-9)12-20-13(26-21-12)15(16,17)18/h2-5,11H,6-8H2,1H3,(H,19,23). The summed E-state index contributed by atoms with van der Waals surface area (Å²) in [7, 11) is 1.36. The maximum atomic E-state index is 12.5. The molecule has 0 aliphatic carbocycles. The van der Waals surface area contributed by atoms with Crippen LogP contribution in [0, 0.1) is 0 Å². The number of carbonyl (C=O) groups is 1. The molecule has 1 aliphatic rings. The Balaban J connectivity index is 1.64. The molecule has 1 fully saturated rings. The van der Waals surface area contributed by atoms with Gasteiger partial charge in [0.2, 0.25) is 5.82 Å². The highest BCUT2D eigenvalue weighted by Gasteiger charge is 2.38. The third kappa shape index (κ3) is 4.11. The van der Waals surface area contributed by atoms with Crippen molar-refractivity contribution in [3.8, 4) is 11.4 Å². The Morgan fingerprint density at radius 2 is 2.04 bits per heavy atom. The molecule has 11 heteroatoms. The van der Waals surface area contributed by atoms with Crippen LogP contribution in [0.2, 0.25) is 0 Å². The molecular weight excluding hydrogens is 357 g/mol. The van der Waals surface area contributed by atoms with Crippen molar-refractivity contribution in [2.45, 2.75) is 18.8 Å². The Morgan fingerprint density at radius 1 is 1.35 bits per heavy atom. The number of nitrogens with one attached hydrogen (secondary N) is 1. The monoisotopic (exact) mass is 372 g/mol. The molecule has 0 spiro atoms. The van der Waals surface area contributed by atoms with Crippen LogP contribution >= 0.6 is 0 Å². The van der Waals surface area contributed by atoms with Crippen molar-refractivity contribution in [2.75, 3.05) is 20.3 Å². The van der Waals surface area contributed by atoms with E-state index in [4.69, 9.17) is 9.57 Å². The Kier molecular flexibility index (Phi) is 5.09. The summed E-state index contributed by atoms with van der Waals surface area (Å²) in [4.78, 5) is 20.4. The van der Waals surface area contributed by atoms with E-state index in [2.05, 4.69) is 20.0 Å².